The summed E-state index contributed by atoms with van der Waals surface area (Å²) in [5, 5.41) is 42.0. The number of carboxylic acid groups (broad SMARTS) is 1. The molecule has 1 aliphatic rings. The molecule has 0 bridgehead atoms. The normalized spacial score (nSPS) is 24.3. The molecule has 17 heteroatoms. The highest BCUT2D eigenvalue weighted by Gasteiger charge is 2.46. The largest absolute Gasteiger partial charge is 0.480 e. The van der Waals surface area contributed by atoms with Gasteiger partial charge in [-0.25, -0.2) is 9.55 Å². The van der Waals surface area contributed by atoms with Gasteiger partial charge in [0.15, 0.2) is 23.2 Å². The third-order valence-electron chi connectivity index (χ3n) is 5.26. The van der Waals surface area contributed by atoms with E-state index in [0.717, 1.165) is 0 Å². The fourth-order valence-corrected chi connectivity index (χ4v) is 4.98. The molecule has 0 radical (unpaired) electrons. The molecule has 4 rings (SSSR count). The summed E-state index contributed by atoms with van der Waals surface area (Å²) in [6.45, 7) is 0.700. The van der Waals surface area contributed by atoms with Crippen molar-refractivity contribution in [2.45, 2.75) is 37.5 Å². The number of nitrogens with zero attached hydrogens (tertiary/aromatic N) is 4. The molecular weight excluding hydrogens is 501 g/mol. The number of ether oxygens (including phenoxy) is 1. The van der Waals surface area contributed by atoms with E-state index in [9.17, 15) is 29.9 Å². The highest BCUT2D eigenvalue weighted by Crippen LogP contribution is 2.46. The van der Waals surface area contributed by atoms with Crippen molar-refractivity contribution >= 4 is 36.6 Å². The van der Waals surface area contributed by atoms with Crippen LogP contribution in [0.1, 0.15) is 13.2 Å². The number of para-hydroxylation sites is 1. The van der Waals surface area contributed by atoms with E-state index in [1.54, 1.807) is 18.2 Å². The first-order valence-corrected chi connectivity index (χ1v) is 12.1. The van der Waals surface area contributed by atoms with Gasteiger partial charge in [-0.15, -0.1) is 0 Å². The van der Waals surface area contributed by atoms with E-state index in [1.165, 1.54) is 30.0 Å². The lowest BCUT2D eigenvalue weighted by molar-refractivity contribution is -0.138. The van der Waals surface area contributed by atoms with Gasteiger partial charge in [-0.05, 0) is 19.1 Å². The van der Waals surface area contributed by atoms with Gasteiger partial charge in [0.25, 0.3) is 0 Å². The molecule has 0 aliphatic carbocycles. The van der Waals surface area contributed by atoms with Crippen LogP contribution in [0, 0.1) is 0 Å². The molecular formula is C19H24N7O9P. The molecule has 1 fully saturated rings. The number of nitrogens with one attached hydrogen (secondary N) is 2. The Bertz CT molecular complexity index is 1280. The number of aromatic nitrogens is 4. The summed E-state index contributed by atoms with van der Waals surface area (Å²) >= 11 is 0. The zero-order valence-electron chi connectivity index (χ0n) is 18.7. The van der Waals surface area contributed by atoms with Crippen LogP contribution in [0.5, 0.6) is 5.75 Å². The van der Waals surface area contributed by atoms with Crippen molar-refractivity contribution in [3.63, 3.8) is 0 Å². The number of imidazole rings is 1. The minimum absolute atomic E-state index is 0.0817. The number of aliphatic hydroxyl groups excluding tert-OH is 2. The van der Waals surface area contributed by atoms with E-state index in [4.69, 9.17) is 19.5 Å². The number of aliphatic carboxylic acids is 1. The molecule has 3 aromatic rings. The van der Waals surface area contributed by atoms with Gasteiger partial charge in [0.1, 0.15) is 30.1 Å². The van der Waals surface area contributed by atoms with E-state index < -0.39 is 50.9 Å². The Balaban J connectivity index is 1.53. The average Bonchev–Trinajstić information content (AvgIpc) is 3.38. The van der Waals surface area contributed by atoms with Gasteiger partial charge in [0, 0.05) is 0 Å². The van der Waals surface area contributed by atoms with E-state index in [1.807, 2.05) is 5.48 Å². The molecule has 0 saturated carbocycles. The molecule has 1 aliphatic heterocycles. The van der Waals surface area contributed by atoms with Crippen molar-refractivity contribution in [1.82, 2.24) is 24.6 Å². The number of anilines is 2. The number of carbonyl (C=O) groups is 1. The quantitative estimate of drug-likeness (QED) is 0.137. The summed E-state index contributed by atoms with van der Waals surface area (Å²) in [7, 11) is -4.28. The Labute approximate surface area is 203 Å². The molecule has 16 nitrogen and oxygen atoms in total. The summed E-state index contributed by atoms with van der Waals surface area (Å²) in [6, 6.07) is 6.63. The number of hydrogen-bond acceptors (Lipinski definition) is 13. The van der Waals surface area contributed by atoms with Crippen molar-refractivity contribution in [2.75, 3.05) is 17.8 Å². The molecule has 3 heterocycles. The van der Waals surface area contributed by atoms with Crippen molar-refractivity contribution in [2.24, 2.45) is 0 Å². The first-order chi connectivity index (χ1) is 17.1. The van der Waals surface area contributed by atoms with Crippen molar-refractivity contribution in [1.29, 1.82) is 0 Å². The monoisotopic (exact) mass is 525 g/mol. The maximum atomic E-state index is 13.3. The minimum atomic E-state index is -4.28. The Hall–Kier alpha value is -3.37. The number of benzene rings is 1. The number of hydrogen-bond donors (Lipinski definition) is 7. The van der Waals surface area contributed by atoms with Crippen LogP contribution in [0.4, 0.5) is 11.8 Å². The molecule has 194 valence electrons. The lowest BCUT2D eigenvalue weighted by atomic mass is 10.1. The summed E-state index contributed by atoms with van der Waals surface area (Å²) in [5.74, 6) is -1.44. The lowest BCUT2D eigenvalue weighted by Gasteiger charge is -2.24. The van der Waals surface area contributed by atoms with Crippen LogP contribution in [0.25, 0.3) is 11.2 Å². The van der Waals surface area contributed by atoms with Crippen LogP contribution in [-0.2, 0) is 18.6 Å². The second kappa shape index (κ2) is 10.3. The number of rotatable bonds is 10. The molecule has 6 atom stereocenters. The number of nitrogens with two attached hydrogens (primary N) is 1. The van der Waals surface area contributed by atoms with Crippen LogP contribution in [0.15, 0.2) is 36.7 Å². The predicted octanol–water partition coefficient (Wildman–Crippen LogP) is 0.0952. The molecule has 2 aromatic heterocycles. The zero-order chi connectivity index (χ0) is 26.0. The molecule has 36 heavy (non-hydrogen) atoms. The molecule has 1 aromatic carbocycles. The highest BCUT2D eigenvalue weighted by atomic mass is 31.2. The molecule has 1 saturated heterocycles. The van der Waals surface area contributed by atoms with E-state index in [-0.39, 0.29) is 28.7 Å². The maximum absolute atomic E-state index is 13.3. The lowest BCUT2D eigenvalue weighted by Crippen LogP contribution is -2.36. The first kappa shape index (κ1) is 25.7. The van der Waals surface area contributed by atoms with Gasteiger partial charge in [-0.1, -0.05) is 18.2 Å². The van der Waals surface area contributed by atoms with E-state index in [0.29, 0.717) is 0 Å². The predicted molar refractivity (Wildman–Crippen MR) is 122 cm³/mol. The summed E-state index contributed by atoms with van der Waals surface area (Å²) in [5.41, 5.74) is 7.71. The number of nitrogen functional groups attached to an aromatic ring is 1. The zero-order valence-corrected chi connectivity index (χ0v) is 19.6. The standard InChI is InChI=1S/C19H24N7O9P/c1-9(18(29)30)25-36(32,35-10-5-3-2-4-6-10)33-7-11-13(27)14(28)17(34-11)26-8-21-12-15(24-31)22-19(20)23-16(12)26/h2-6,8-9,11,13-14,17,27-28,31H,7H2,1H3,(H,25,32)(H,29,30)(H3,20,22,23,24)/t9?,11-,13-,14-,17-,36?/m1/s1. The third-order valence-corrected chi connectivity index (χ3v) is 6.90. The van der Waals surface area contributed by atoms with Crippen molar-refractivity contribution < 1.29 is 43.7 Å². The van der Waals surface area contributed by atoms with E-state index in [2.05, 4.69) is 20.0 Å². The number of fused-ring (bicyclic) bond motifs is 1. The maximum Gasteiger partial charge on any atom is 0.459 e. The molecule has 8 N–H and O–H groups in total. The molecule has 0 amide bonds. The second-order valence-electron chi connectivity index (χ2n) is 7.80. The van der Waals surface area contributed by atoms with Gasteiger partial charge in [-0.2, -0.15) is 15.1 Å². The fraction of sp³-hybridized carbons (Fsp3) is 0.368. The molecule has 0 spiro atoms. The van der Waals surface area contributed by atoms with Gasteiger partial charge in [0.2, 0.25) is 5.95 Å². The van der Waals surface area contributed by atoms with Crippen LogP contribution < -0.4 is 20.8 Å². The number of aliphatic hydroxyl groups is 2. The van der Waals surface area contributed by atoms with Crippen molar-refractivity contribution in [3.05, 3.63) is 36.7 Å². The van der Waals surface area contributed by atoms with Crippen molar-refractivity contribution in [3.8, 4) is 5.75 Å². The average molecular weight is 525 g/mol. The topological polar surface area (TPSA) is 236 Å². The van der Waals surface area contributed by atoms with Gasteiger partial charge < -0.3 is 30.3 Å². The van der Waals surface area contributed by atoms with E-state index >= 15 is 0 Å². The summed E-state index contributed by atoms with van der Waals surface area (Å²) in [6.07, 6.45) is -4.21. The van der Waals surface area contributed by atoms with Crippen LogP contribution in [0.2, 0.25) is 0 Å². The summed E-state index contributed by atoms with van der Waals surface area (Å²) < 4.78 is 31.2. The smallest absolute Gasteiger partial charge is 0.459 e. The summed E-state index contributed by atoms with van der Waals surface area (Å²) in [4.78, 5) is 23.2. The fourth-order valence-electron chi connectivity index (χ4n) is 3.47. The third kappa shape index (κ3) is 5.24. The Morgan fingerprint density at radius 3 is 2.67 bits per heavy atom. The Morgan fingerprint density at radius 2 is 2.00 bits per heavy atom. The van der Waals surface area contributed by atoms with Crippen LogP contribution in [0.3, 0.4) is 0 Å². The second-order valence-corrected chi connectivity index (χ2v) is 9.49. The minimum Gasteiger partial charge on any atom is -0.480 e. The van der Waals surface area contributed by atoms with Gasteiger partial charge >= 0.3 is 13.7 Å². The highest BCUT2D eigenvalue weighted by molar-refractivity contribution is 7.52. The van der Waals surface area contributed by atoms with Crippen LogP contribution >= 0.6 is 7.75 Å². The van der Waals surface area contributed by atoms with Gasteiger partial charge in [0.05, 0.1) is 12.9 Å². The molecule has 2 unspecified atom stereocenters. The number of carboxylic acids is 1. The van der Waals surface area contributed by atoms with Crippen LogP contribution in [-0.4, -0.2) is 77.0 Å². The Kier molecular flexibility index (Phi) is 7.37. The first-order valence-electron chi connectivity index (χ1n) is 10.5. The Morgan fingerprint density at radius 1 is 1.28 bits per heavy atom. The SMILES string of the molecule is CC(NP(=O)(OC[C@H]1O[C@@H](n2cnc3c(NO)nc(N)nc32)[C@H](O)[C@@H]1O)Oc1ccccc1)C(=O)O. The van der Waals surface area contributed by atoms with Gasteiger partial charge in [-0.3, -0.25) is 24.6 Å².